The molecule has 6 heteroatoms. The van der Waals surface area contributed by atoms with Crippen LogP contribution < -0.4 is 15.4 Å². The van der Waals surface area contributed by atoms with Gasteiger partial charge in [-0.2, -0.15) is 0 Å². The minimum Gasteiger partial charge on any atom is -0.483 e. The maximum Gasteiger partial charge on any atom is 0.257 e. The summed E-state index contributed by atoms with van der Waals surface area (Å²) in [5, 5.41) is 15.6. The van der Waals surface area contributed by atoms with Gasteiger partial charge in [0.05, 0.1) is 6.10 Å². The van der Waals surface area contributed by atoms with Gasteiger partial charge in [0.1, 0.15) is 5.75 Å². The fourth-order valence-electron chi connectivity index (χ4n) is 2.61. The number of rotatable bonds is 6. The molecule has 2 atom stereocenters. The molecule has 1 heterocycles. The number of hydrogen-bond acceptors (Lipinski definition) is 4. The summed E-state index contributed by atoms with van der Waals surface area (Å²) in [7, 11) is 0. The summed E-state index contributed by atoms with van der Waals surface area (Å²) in [6, 6.07) is 6.07. The first kappa shape index (κ1) is 19.7. The van der Waals surface area contributed by atoms with Crippen LogP contribution in [0.25, 0.3) is 0 Å². The van der Waals surface area contributed by atoms with Crippen LogP contribution in [0.4, 0.5) is 0 Å². The van der Waals surface area contributed by atoms with Crippen molar-refractivity contribution in [3.63, 3.8) is 0 Å². The molecule has 0 radical (unpaired) electrons. The third-order valence-electron chi connectivity index (χ3n) is 4.02. The zero-order chi connectivity index (χ0) is 16.1. The molecule has 130 valence electrons. The summed E-state index contributed by atoms with van der Waals surface area (Å²) >= 11 is 0. The first-order valence-electron chi connectivity index (χ1n) is 7.86. The Bertz CT molecular complexity index is 523. The number of aryl methyl sites for hydroxylation is 1. The Balaban J connectivity index is 0.00000264. The Morgan fingerprint density at radius 1 is 1.43 bits per heavy atom. The minimum absolute atomic E-state index is 0. The molecule has 2 unspecified atom stereocenters. The third-order valence-corrected chi connectivity index (χ3v) is 4.02. The van der Waals surface area contributed by atoms with Crippen LogP contribution >= 0.6 is 12.4 Å². The molecule has 1 aromatic rings. The van der Waals surface area contributed by atoms with Crippen molar-refractivity contribution in [2.24, 2.45) is 5.92 Å². The lowest BCUT2D eigenvalue weighted by atomic mass is 10.0. The van der Waals surface area contributed by atoms with E-state index in [1.54, 1.807) is 0 Å². The normalized spacial score (nSPS) is 20.2. The van der Waals surface area contributed by atoms with Gasteiger partial charge in [-0.25, -0.2) is 0 Å². The Kier molecular flexibility index (Phi) is 7.82. The second kappa shape index (κ2) is 9.11. The second-order valence-corrected chi connectivity index (χ2v) is 6.27. The molecule has 1 fully saturated rings. The number of halogens is 1. The smallest absolute Gasteiger partial charge is 0.257 e. The molecule has 0 spiro atoms. The molecule has 1 aliphatic heterocycles. The standard InChI is InChI=1S/C17H26N2O3.ClH/c1-11(2)14-5-4-12(3)6-16(14)22-10-17(21)19-8-13-7-18-9-15(13)20;/h4-6,11,13,15,18,20H,7-10H2,1-3H3,(H,19,21);1H. The lowest BCUT2D eigenvalue weighted by Gasteiger charge is -2.16. The lowest BCUT2D eigenvalue weighted by Crippen LogP contribution is -2.36. The largest absolute Gasteiger partial charge is 0.483 e. The van der Waals surface area contributed by atoms with E-state index < -0.39 is 0 Å². The summed E-state index contributed by atoms with van der Waals surface area (Å²) in [6.07, 6.45) is -0.384. The zero-order valence-electron chi connectivity index (χ0n) is 14.0. The van der Waals surface area contributed by atoms with E-state index in [2.05, 4.69) is 30.5 Å². The number of amides is 1. The monoisotopic (exact) mass is 342 g/mol. The number of carbonyl (C=O) groups excluding carboxylic acids is 1. The molecule has 2 rings (SSSR count). The average molecular weight is 343 g/mol. The highest BCUT2D eigenvalue weighted by atomic mass is 35.5. The van der Waals surface area contributed by atoms with Crippen molar-refractivity contribution in [3.8, 4) is 5.75 Å². The summed E-state index contributed by atoms with van der Waals surface area (Å²) in [4.78, 5) is 11.9. The molecule has 0 bridgehead atoms. The molecular weight excluding hydrogens is 316 g/mol. The summed E-state index contributed by atoms with van der Waals surface area (Å²) in [5.41, 5.74) is 2.22. The Morgan fingerprint density at radius 2 is 2.17 bits per heavy atom. The van der Waals surface area contributed by atoms with Crippen molar-refractivity contribution in [2.45, 2.75) is 32.8 Å². The van der Waals surface area contributed by atoms with Crippen LogP contribution in [0.5, 0.6) is 5.75 Å². The van der Waals surface area contributed by atoms with E-state index in [9.17, 15) is 9.90 Å². The topological polar surface area (TPSA) is 70.6 Å². The highest BCUT2D eigenvalue weighted by Gasteiger charge is 2.25. The van der Waals surface area contributed by atoms with Crippen LogP contribution in [0.15, 0.2) is 18.2 Å². The van der Waals surface area contributed by atoms with E-state index in [0.29, 0.717) is 19.0 Å². The molecule has 0 aromatic heterocycles. The fourth-order valence-corrected chi connectivity index (χ4v) is 2.61. The highest BCUT2D eigenvalue weighted by molar-refractivity contribution is 5.85. The van der Waals surface area contributed by atoms with Crippen LogP contribution in [-0.2, 0) is 4.79 Å². The molecule has 1 aliphatic rings. The van der Waals surface area contributed by atoms with Gasteiger partial charge >= 0.3 is 0 Å². The summed E-state index contributed by atoms with van der Waals surface area (Å²) in [5.74, 6) is 1.04. The van der Waals surface area contributed by atoms with E-state index in [-0.39, 0.29) is 36.9 Å². The van der Waals surface area contributed by atoms with Gasteiger partial charge in [-0.3, -0.25) is 4.79 Å². The predicted octanol–water partition coefficient (Wildman–Crippen LogP) is 1.62. The van der Waals surface area contributed by atoms with Crippen molar-refractivity contribution in [1.29, 1.82) is 0 Å². The summed E-state index contributed by atoms with van der Waals surface area (Å²) in [6.45, 7) is 8.01. The molecule has 0 aliphatic carbocycles. The Labute approximate surface area is 144 Å². The molecule has 1 saturated heterocycles. The maximum atomic E-state index is 11.9. The number of ether oxygens (including phenoxy) is 1. The predicted molar refractivity (Wildman–Crippen MR) is 93.4 cm³/mol. The van der Waals surface area contributed by atoms with E-state index in [4.69, 9.17) is 4.74 Å². The fraction of sp³-hybridized carbons (Fsp3) is 0.588. The zero-order valence-corrected chi connectivity index (χ0v) is 14.8. The Hall–Kier alpha value is -1.30. The molecule has 1 aromatic carbocycles. The van der Waals surface area contributed by atoms with E-state index >= 15 is 0 Å². The number of nitrogens with one attached hydrogen (secondary N) is 2. The van der Waals surface area contributed by atoms with Crippen molar-refractivity contribution in [3.05, 3.63) is 29.3 Å². The number of aliphatic hydroxyl groups excluding tert-OH is 1. The van der Waals surface area contributed by atoms with Gasteiger partial charge < -0.3 is 20.5 Å². The van der Waals surface area contributed by atoms with Gasteiger partial charge in [0.25, 0.3) is 5.91 Å². The van der Waals surface area contributed by atoms with Crippen LogP contribution in [0.2, 0.25) is 0 Å². The first-order chi connectivity index (χ1) is 10.5. The highest BCUT2D eigenvalue weighted by Crippen LogP contribution is 2.27. The number of hydrogen-bond donors (Lipinski definition) is 3. The van der Waals surface area contributed by atoms with Gasteiger partial charge in [-0.1, -0.05) is 26.0 Å². The number of β-amino-alcohol motifs (C(OH)–C–C–N with tert-alkyl or cyclic N) is 1. The third kappa shape index (κ3) is 5.68. The van der Waals surface area contributed by atoms with Crippen LogP contribution in [0, 0.1) is 12.8 Å². The maximum absolute atomic E-state index is 11.9. The van der Waals surface area contributed by atoms with Gasteiger partial charge in [0, 0.05) is 25.6 Å². The summed E-state index contributed by atoms with van der Waals surface area (Å²) < 4.78 is 5.69. The molecular formula is C17H27ClN2O3. The first-order valence-corrected chi connectivity index (χ1v) is 7.86. The van der Waals surface area contributed by atoms with Gasteiger partial charge in [-0.15, -0.1) is 12.4 Å². The van der Waals surface area contributed by atoms with Crippen molar-refractivity contribution in [1.82, 2.24) is 10.6 Å². The van der Waals surface area contributed by atoms with Gasteiger partial charge in [0.15, 0.2) is 6.61 Å². The van der Waals surface area contributed by atoms with E-state index in [0.717, 1.165) is 23.4 Å². The lowest BCUT2D eigenvalue weighted by molar-refractivity contribution is -0.123. The Morgan fingerprint density at radius 3 is 2.78 bits per heavy atom. The van der Waals surface area contributed by atoms with E-state index in [1.807, 2.05) is 19.1 Å². The molecule has 3 N–H and O–H groups in total. The number of carbonyl (C=O) groups is 1. The van der Waals surface area contributed by atoms with Gasteiger partial charge in [0.2, 0.25) is 0 Å². The van der Waals surface area contributed by atoms with E-state index in [1.165, 1.54) is 0 Å². The van der Waals surface area contributed by atoms with Crippen molar-refractivity contribution in [2.75, 3.05) is 26.2 Å². The number of benzene rings is 1. The van der Waals surface area contributed by atoms with Gasteiger partial charge in [-0.05, 0) is 30.0 Å². The molecule has 23 heavy (non-hydrogen) atoms. The number of aliphatic hydroxyl groups is 1. The quantitative estimate of drug-likeness (QED) is 0.734. The SMILES string of the molecule is Cc1ccc(C(C)C)c(OCC(=O)NCC2CNCC2O)c1.Cl. The molecule has 5 nitrogen and oxygen atoms in total. The second-order valence-electron chi connectivity index (χ2n) is 6.27. The van der Waals surface area contributed by atoms with Crippen LogP contribution in [-0.4, -0.2) is 43.4 Å². The van der Waals surface area contributed by atoms with Crippen LogP contribution in [0.1, 0.15) is 30.9 Å². The minimum atomic E-state index is -0.384. The molecule has 1 amide bonds. The van der Waals surface area contributed by atoms with Crippen LogP contribution in [0.3, 0.4) is 0 Å². The molecule has 0 saturated carbocycles. The van der Waals surface area contributed by atoms with Crippen molar-refractivity contribution >= 4 is 18.3 Å². The average Bonchev–Trinajstić information content (AvgIpc) is 2.88. The van der Waals surface area contributed by atoms with Crippen molar-refractivity contribution < 1.29 is 14.6 Å².